The van der Waals surface area contributed by atoms with Crippen LogP contribution in [0.1, 0.15) is 11.3 Å². The van der Waals surface area contributed by atoms with E-state index in [1.165, 1.54) is 46.0 Å². The van der Waals surface area contributed by atoms with Crippen molar-refractivity contribution in [3.8, 4) is 0 Å². The predicted octanol–water partition coefficient (Wildman–Crippen LogP) is 5.34. The first-order valence-corrected chi connectivity index (χ1v) is 12.8. The zero-order valence-corrected chi connectivity index (χ0v) is 20.0. The molecule has 4 rings (SSSR count). The third-order valence-corrected chi connectivity index (χ3v) is 8.46. The number of nitrogens with zero attached hydrogens (tertiary/aromatic N) is 3. The molecule has 1 aromatic heterocycles. The Morgan fingerprint density at radius 2 is 1.68 bits per heavy atom. The summed E-state index contributed by atoms with van der Waals surface area (Å²) in [7, 11) is -3.68. The number of anilines is 1. The van der Waals surface area contributed by atoms with Gasteiger partial charge in [0.15, 0.2) is 5.13 Å². The number of thiazole rings is 1. The van der Waals surface area contributed by atoms with Crippen LogP contribution in [-0.4, -0.2) is 43.9 Å². The van der Waals surface area contributed by atoms with Crippen LogP contribution in [0.5, 0.6) is 0 Å². The van der Waals surface area contributed by atoms with Crippen molar-refractivity contribution in [2.45, 2.75) is 11.3 Å². The van der Waals surface area contributed by atoms with Gasteiger partial charge in [-0.25, -0.2) is 17.8 Å². The Morgan fingerprint density at radius 3 is 2.32 bits per heavy atom. The van der Waals surface area contributed by atoms with Gasteiger partial charge in [0.25, 0.3) is 0 Å². The van der Waals surface area contributed by atoms with Gasteiger partial charge in [0.05, 0.1) is 15.6 Å². The van der Waals surface area contributed by atoms with Crippen molar-refractivity contribution in [2.24, 2.45) is 0 Å². The van der Waals surface area contributed by atoms with Crippen molar-refractivity contribution in [3.63, 3.8) is 0 Å². The van der Waals surface area contributed by atoms with Crippen LogP contribution in [-0.2, 0) is 16.4 Å². The number of hydrogen-bond acceptors (Lipinski definition) is 5. The smallest absolute Gasteiger partial charge is 0.243 e. The maximum Gasteiger partial charge on any atom is 0.243 e. The number of halogens is 4. The largest absolute Gasteiger partial charge is 0.345 e. The number of aromatic nitrogens is 1. The molecule has 1 saturated heterocycles. The molecule has 31 heavy (non-hydrogen) atoms. The minimum Gasteiger partial charge on any atom is -0.345 e. The first kappa shape index (κ1) is 22.8. The summed E-state index contributed by atoms with van der Waals surface area (Å²) in [5.41, 5.74) is 1.61. The fraction of sp³-hybridized carbons (Fsp3) is 0.250. The highest BCUT2D eigenvalue weighted by atomic mass is 35.5. The summed E-state index contributed by atoms with van der Waals surface area (Å²) in [6.45, 7) is 1.67. The molecule has 0 atom stereocenters. The first-order chi connectivity index (χ1) is 14.7. The summed E-state index contributed by atoms with van der Waals surface area (Å²) in [5, 5.41) is 3.39. The molecule has 0 amide bonds. The van der Waals surface area contributed by atoms with E-state index >= 15 is 0 Å². The maximum absolute atomic E-state index is 13.7. The summed E-state index contributed by atoms with van der Waals surface area (Å²) in [4.78, 5) is 6.77. The maximum atomic E-state index is 13.7. The fourth-order valence-electron chi connectivity index (χ4n) is 3.33. The van der Waals surface area contributed by atoms with E-state index in [-0.39, 0.29) is 20.0 Å². The van der Waals surface area contributed by atoms with Crippen molar-refractivity contribution >= 4 is 61.3 Å². The standard InChI is InChI=1S/C20H17Cl3FN3O2S2/c21-14-9-15(22)11-17(10-14)31(28,29)27-5-3-26(4-6-27)20-25-16(12-30-20)7-13-1-2-18(23)19(24)8-13/h1-2,8-12H,3-7H2. The lowest BCUT2D eigenvalue weighted by atomic mass is 10.1. The molecule has 0 N–H and O–H groups in total. The van der Waals surface area contributed by atoms with Crippen LogP contribution in [0.4, 0.5) is 9.52 Å². The molecule has 0 bridgehead atoms. The van der Waals surface area contributed by atoms with Crippen molar-refractivity contribution < 1.29 is 12.8 Å². The van der Waals surface area contributed by atoms with Gasteiger partial charge in [-0.2, -0.15) is 4.31 Å². The van der Waals surface area contributed by atoms with Gasteiger partial charge in [0.2, 0.25) is 10.0 Å². The Bertz CT molecular complexity index is 1190. The van der Waals surface area contributed by atoms with Crippen molar-refractivity contribution in [1.29, 1.82) is 0 Å². The number of benzene rings is 2. The Morgan fingerprint density at radius 1 is 1.00 bits per heavy atom. The molecule has 11 heteroatoms. The fourth-order valence-corrected chi connectivity index (χ4v) is 6.47. The third kappa shape index (κ3) is 5.16. The molecule has 164 valence electrons. The quantitative estimate of drug-likeness (QED) is 0.455. The molecule has 2 heterocycles. The van der Waals surface area contributed by atoms with Gasteiger partial charge in [-0.3, -0.25) is 0 Å². The number of hydrogen-bond donors (Lipinski definition) is 0. The van der Waals surface area contributed by atoms with Gasteiger partial charge in [-0.15, -0.1) is 11.3 Å². The topological polar surface area (TPSA) is 53.5 Å². The van der Waals surface area contributed by atoms with Crippen molar-refractivity contribution in [2.75, 3.05) is 31.1 Å². The van der Waals surface area contributed by atoms with Gasteiger partial charge in [0.1, 0.15) is 5.82 Å². The highest BCUT2D eigenvalue weighted by molar-refractivity contribution is 7.89. The molecule has 0 saturated carbocycles. The number of piperazine rings is 1. The van der Waals surface area contributed by atoms with E-state index < -0.39 is 15.8 Å². The van der Waals surface area contributed by atoms with Crippen LogP contribution >= 0.6 is 46.1 Å². The molecule has 0 aliphatic carbocycles. The molecule has 2 aromatic carbocycles. The van der Waals surface area contributed by atoms with E-state index in [1.54, 1.807) is 6.07 Å². The molecule has 1 aliphatic rings. The zero-order valence-electron chi connectivity index (χ0n) is 16.1. The molecule has 5 nitrogen and oxygen atoms in total. The molecule has 0 spiro atoms. The highest BCUT2D eigenvalue weighted by Gasteiger charge is 2.30. The van der Waals surface area contributed by atoms with Crippen molar-refractivity contribution in [3.05, 3.63) is 73.9 Å². The molecule has 0 radical (unpaired) electrons. The molecule has 1 fully saturated rings. The molecule has 1 aliphatic heterocycles. The lowest BCUT2D eigenvalue weighted by Crippen LogP contribution is -2.48. The van der Waals surface area contributed by atoms with E-state index in [2.05, 4.69) is 4.98 Å². The second-order valence-corrected chi connectivity index (χ2v) is 11.1. The van der Waals surface area contributed by atoms with E-state index in [0.29, 0.717) is 32.6 Å². The minimum atomic E-state index is -3.68. The van der Waals surface area contributed by atoms with Gasteiger partial charge in [-0.05, 0) is 35.9 Å². The Kier molecular flexibility index (Phi) is 6.76. The zero-order chi connectivity index (χ0) is 22.2. The van der Waals surface area contributed by atoms with Crippen LogP contribution < -0.4 is 4.90 Å². The number of rotatable bonds is 5. The number of sulfonamides is 1. The van der Waals surface area contributed by atoms with Crippen LogP contribution in [0.2, 0.25) is 15.1 Å². The lowest BCUT2D eigenvalue weighted by Gasteiger charge is -2.33. The normalized spacial score (nSPS) is 15.4. The summed E-state index contributed by atoms with van der Waals surface area (Å²) in [6.07, 6.45) is 0.495. The van der Waals surface area contributed by atoms with Gasteiger partial charge in [0, 0.05) is 48.0 Å². The Balaban J connectivity index is 1.41. The summed E-state index contributed by atoms with van der Waals surface area (Å²) >= 11 is 19.1. The molecular weight excluding hydrogens is 504 g/mol. The predicted molar refractivity (Wildman–Crippen MR) is 124 cm³/mol. The van der Waals surface area contributed by atoms with Crippen LogP contribution in [0, 0.1) is 5.82 Å². The third-order valence-electron chi connectivity index (χ3n) is 4.89. The first-order valence-electron chi connectivity index (χ1n) is 9.32. The summed E-state index contributed by atoms with van der Waals surface area (Å²) in [5.74, 6) is -0.451. The van der Waals surface area contributed by atoms with Gasteiger partial charge in [-0.1, -0.05) is 40.9 Å². The highest BCUT2D eigenvalue weighted by Crippen LogP contribution is 2.28. The summed E-state index contributed by atoms with van der Waals surface area (Å²) < 4.78 is 40.9. The van der Waals surface area contributed by atoms with Gasteiger partial charge < -0.3 is 4.90 Å². The van der Waals surface area contributed by atoms with E-state index in [9.17, 15) is 12.8 Å². The minimum absolute atomic E-state index is 0.0881. The van der Waals surface area contributed by atoms with Crippen molar-refractivity contribution in [1.82, 2.24) is 9.29 Å². The molecule has 0 unspecified atom stereocenters. The summed E-state index contributed by atoms with van der Waals surface area (Å²) in [6, 6.07) is 9.03. The molecule has 3 aromatic rings. The van der Waals surface area contributed by atoms with E-state index in [0.717, 1.165) is 16.4 Å². The Hall–Kier alpha value is -1.42. The van der Waals surface area contributed by atoms with E-state index in [4.69, 9.17) is 34.8 Å². The Labute approximate surface area is 199 Å². The molecular formula is C20H17Cl3FN3O2S2. The van der Waals surface area contributed by atoms with Crippen LogP contribution in [0.15, 0.2) is 46.7 Å². The SMILES string of the molecule is O=S(=O)(c1cc(Cl)cc(Cl)c1)N1CCN(c2nc(Cc3ccc(Cl)c(F)c3)cs2)CC1. The second-order valence-electron chi connectivity index (χ2n) is 7.04. The van der Waals surface area contributed by atoms with E-state index in [1.807, 2.05) is 10.3 Å². The monoisotopic (exact) mass is 519 g/mol. The van der Waals surface area contributed by atoms with Crippen LogP contribution in [0.25, 0.3) is 0 Å². The average Bonchev–Trinajstić information content (AvgIpc) is 3.18. The van der Waals surface area contributed by atoms with Gasteiger partial charge >= 0.3 is 0 Å². The second kappa shape index (κ2) is 9.21. The lowest BCUT2D eigenvalue weighted by molar-refractivity contribution is 0.384. The average molecular weight is 521 g/mol. The van der Waals surface area contributed by atoms with Crippen LogP contribution in [0.3, 0.4) is 0 Å².